The molecule has 0 amide bonds. The summed E-state index contributed by atoms with van der Waals surface area (Å²) in [5.41, 5.74) is 13.2. The Hall–Kier alpha value is -1.89. The standard InChI is InChI=1S/C22H33N.C8H17N3O.CH4O.H2/c1-14-9-11-21(3)16(13-14)5-6-17-19-8-7-18(15(2)23)22(19,4)12-10-20(17)21;1-3-4-6-10-11(7-5-9)8(2)12;1-2;/h13,17-20,23H,1,5-12H2,2-4H3;3,10,12H,1-2,4-7,9H2;2H,1H3;1H. The van der Waals surface area contributed by atoms with Crippen molar-refractivity contribution in [1.82, 2.24) is 10.4 Å². The summed E-state index contributed by atoms with van der Waals surface area (Å²) < 4.78 is 0. The number of rotatable bonds is 8. The first kappa shape index (κ1) is 31.3. The van der Waals surface area contributed by atoms with Gasteiger partial charge in [-0.3, -0.25) is 5.01 Å². The van der Waals surface area contributed by atoms with Gasteiger partial charge in [-0.2, -0.15) is 0 Å². The van der Waals surface area contributed by atoms with Crippen LogP contribution in [0.4, 0.5) is 0 Å². The Balaban J connectivity index is 0.000000415. The third-order valence-corrected chi connectivity index (χ3v) is 9.92. The van der Waals surface area contributed by atoms with Gasteiger partial charge in [-0.05, 0) is 99.9 Å². The maximum atomic E-state index is 9.03. The molecule has 0 radical (unpaired) electrons. The highest BCUT2D eigenvalue weighted by molar-refractivity contribution is 5.82. The number of aliphatic hydroxyl groups excluding tert-OH is 2. The van der Waals surface area contributed by atoms with Crippen LogP contribution >= 0.6 is 0 Å². The number of nitrogens with one attached hydrogen (secondary N) is 2. The van der Waals surface area contributed by atoms with Crippen molar-refractivity contribution in [3.05, 3.63) is 48.9 Å². The van der Waals surface area contributed by atoms with Crippen LogP contribution in [0, 0.1) is 39.9 Å². The molecular formula is C31H56N4O2. The highest BCUT2D eigenvalue weighted by atomic mass is 16.3. The minimum absolute atomic E-state index is 0. The number of nitrogens with two attached hydrogens (primary N) is 1. The molecule has 6 heteroatoms. The topological polar surface area (TPSA) is 106 Å². The number of fused-ring (bicyclic) bond motifs is 5. The SMILES string of the molecule is C=C1C=C2CCC3C(CCC4(C)C(C(C)=N)CCC34)C2(C)CC1.C=CCCNN(CCN)C(=C)O.CO.[HH]. The second-order valence-corrected chi connectivity index (χ2v) is 11.9. The molecule has 6 unspecified atom stereocenters. The van der Waals surface area contributed by atoms with Crippen LogP contribution in [0.2, 0.25) is 0 Å². The Labute approximate surface area is 227 Å². The number of aliphatic hydroxyl groups is 2. The van der Waals surface area contributed by atoms with E-state index in [1.54, 1.807) is 11.6 Å². The highest BCUT2D eigenvalue weighted by Gasteiger charge is 2.58. The van der Waals surface area contributed by atoms with Crippen LogP contribution in [0.25, 0.3) is 0 Å². The minimum atomic E-state index is -0.00971. The summed E-state index contributed by atoms with van der Waals surface area (Å²) in [5.74, 6) is 3.22. The molecule has 0 aliphatic heterocycles. The summed E-state index contributed by atoms with van der Waals surface area (Å²) in [6.07, 6.45) is 15.7. The molecule has 0 aromatic carbocycles. The molecule has 37 heavy (non-hydrogen) atoms. The summed E-state index contributed by atoms with van der Waals surface area (Å²) in [4.78, 5) is 0. The molecule has 0 spiro atoms. The van der Waals surface area contributed by atoms with Crippen molar-refractivity contribution in [2.45, 2.75) is 78.6 Å². The molecule has 6 atom stereocenters. The van der Waals surface area contributed by atoms with Crippen molar-refractivity contribution in [2.75, 3.05) is 26.7 Å². The molecule has 6 nitrogen and oxygen atoms in total. The second-order valence-electron chi connectivity index (χ2n) is 11.9. The molecule has 4 rings (SSSR count). The zero-order valence-electron chi connectivity index (χ0n) is 24.0. The van der Waals surface area contributed by atoms with Gasteiger partial charge in [-0.1, -0.05) is 43.7 Å². The van der Waals surface area contributed by atoms with E-state index in [4.69, 9.17) is 21.4 Å². The Morgan fingerprint density at radius 2 is 1.92 bits per heavy atom. The Kier molecular flexibility index (Phi) is 11.7. The quantitative estimate of drug-likeness (QED) is 0.0847. The van der Waals surface area contributed by atoms with E-state index in [9.17, 15) is 0 Å². The first-order chi connectivity index (χ1) is 17.6. The molecule has 212 valence electrons. The van der Waals surface area contributed by atoms with E-state index in [0.717, 1.165) is 43.5 Å². The van der Waals surface area contributed by atoms with Gasteiger partial charge in [-0.15, -0.1) is 6.58 Å². The molecule has 4 aliphatic rings. The molecule has 0 saturated heterocycles. The molecule has 0 aromatic rings. The van der Waals surface area contributed by atoms with Crippen LogP contribution in [0.15, 0.2) is 48.9 Å². The van der Waals surface area contributed by atoms with Gasteiger partial charge < -0.3 is 21.4 Å². The largest absolute Gasteiger partial charge is 0.494 e. The van der Waals surface area contributed by atoms with Crippen LogP contribution in [0.5, 0.6) is 0 Å². The van der Waals surface area contributed by atoms with Gasteiger partial charge >= 0.3 is 0 Å². The minimum Gasteiger partial charge on any atom is -0.494 e. The molecule has 0 heterocycles. The Morgan fingerprint density at radius 1 is 1.22 bits per heavy atom. The van der Waals surface area contributed by atoms with Gasteiger partial charge in [0.25, 0.3) is 0 Å². The highest BCUT2D eigenvalue weighted by Crippen LogP contribution is 2.66. The van der Waals surface area contributed by atoms with Gasteiger partial charge in [0, 0.05) is 39.8 Å². The smallest absolute Gasteiger partial charge is 0.193 e. The number of allylic oxidation sites excluding steroid dienone is 3. The normalized spacial score (nSPS) is 33.7. The molecule has 0 aromatic heterocycles. The molecular weight excluding hydrogens is 460 g/mol. The second kappa shape index (κ2) is 13.8. The number of hydrazine groups is 1. The van der Waals surface area contributed by atoms with Crippen LogP contribution in [-0.4, -0.2) is 47.7 Å². The lowest BCUT2D eigenvalue weighted by molar-refractivity contribution is -0.0417. The van der Waals surface area contributed by atoms with Crippen molar-refractivity contribution in [2.24, 2.45) is 40.2 Å². The third-order valence-electron chi connectivity index (χ3n) is 9.92. The summed E-state index contributed by atoms with van der Waals surface area (Å²) in [6.45, 7) is 20.1. The fraction of sp³-hybridized carbons (Fsp3) is 0.710. The number of nitrogens with zero attached hydrogens (tertiary/aromatic N) is 1. The molecule has 3 saturated carbocycles. The monoisotopic (exact) mass is 516 g/mol. The number of hydrogen-bond acceptors (Lipinski definition) is 6. The third kappa shape index (κ3) is 6.76. The fourth-order valence-corrected chi connectivity index (χ4v) is 8.09. The van der Waals surface area contributed by atoms with E-state index in [-0.39, 0.29) is 7.31 Å². The summed E-state index contributed by atoms with van der Waals surface area (Å²) in [6, 6.07) is 0. The predicted octanol–water partition coefficient (Wildman–Crippen LogP) is 6.37. The van der Waals surface area contributed by atoms with Crippen LogP contribution in [-0.2, 0) is 0 Å². The van der Waals surface area contributed by atoms with Gasteiger partial charge in [0.05, 0.1) is 0 Å². The van der Waals surface area contributed by atoms with E-state index >= 15 is 0 Å². The van der Waals surface area contributed by atoms with Crippen LogP contribution < -0.4 is 11.2 Å². The molecule has 0 bridgehead atoms. The maximum Gasteiger partial charge on any atom is 0.193 e. The molecule has 6 N–H and O–H groups in total. The Morgan fingerprint density at radius 3 is 2.51 bits per heavy atom. The van der Waals surface area contributed by atoms with Crippen molar-refractivity contribution in [3.63, 3.8) is 0 Å². The van der Waals surface area contributed by atoms with Gasteiger partial charge in [0.1, 0.15) is 0 Å². The van der Waals surface area contributed by atoms with E-state index in [1.807, 2.05) is 0 Å². The maximum absolute atomic E-state index is 9.03. The first-order valence-electron chi connectivity index (χ1n) is 14.2. The van der Waals surface area contributed by atoms with E-state index in [0.29, 0.717) is 29.8 Å². The molecule has 4 aliphatic carbocycles. The fourth-order valence-electron chi connectivity index (χ4n) is 8.09. The average Bonchev–Trinajstić information content (AvgIpc) is 3.23. The lowest BCUT2D eigenvalue weighted by Crippen LogP contribution is -2.50. The van der Waals surface area contributed by atoms with Crippen molar-refractivity contribution < 1.29 is 11.6 Å². The average molecular weight is 517 g/mol. The Bertz CT molecular complexity index is 859. The zero-order chi connectivity index (χ0) is 27.8. The lowest BCUT2D eigenvalue weighted by atomic mass is 9.46. The first-order valence-corrected chi connectivity index (χ1v) is 14.2. The lowest BCUT2D eigenvalue weighted by Gasteiger charge is -2.58. The summed E-state index contributed by atoms with van der Waals surface area (Å²) >= 11 is 0. The van der Waals surface area contributed by atoms with Gasteiger partial charge in [-0.25, -0.2) is 5.43 Å². The predicted molar refractivity (Wildman–Crippen MR) is 158 cm³/mol. The van der Waals surface area contributed by atoms with Crippen molar-refractivity contribution in [3.8, 4) is 0 Å². The molecule has 3 fully saturated rings. The summed E-state index contributed by atoms with van der Waals surface area (Å²) in [5, 5.41) is 25.8. The van der Waals surface area contributed by atoms with E-state index in [1.165, 1.54) is 61.9 Å². The zero-order valence-corrected chi connectivity index (χ0v) is 24.0. The van der Waals surface area contributed by atoms with E-state index in [2.05, 4.69) is 52.0 Å². The van der Waals surface area contributed by atoms with Crippen LogP contribution in [0.1, 0.15) is 80.0 Å². The van der Waals surface area contributed by atoms with Crippen molar-refractivity contribution in [1.29, 1.82) is 5.41 Å². The van der Waals surface area contributed by atoms with Crippen molar-refractivity contribution >= 4 is 5.71 Å². The summed E-state index contributed by atoms with van der Waals surface area (Å²) in [7, 11) is 1.00. The van der Waals surface area contributed by atoms with E-state index < -0.39 is 0 Å². The van der Waals surface area contributed by atoms with Gasteiger partial charge in [0.15, 0.2) is 5.88 Å². The van der Waals surface area contributed by atoms with Gasteiger partial charge in [0.2, 0.25) is 0 Å². The van der Waals surface area contributed by atoms with Crippen LogP contribution in [0.3, 0.4) is 0 Å². The number of hydrogen-bond donors (Lipinski definition) is 5.